The number of alkyl halides is 1. The van der Waals surface area contributed by atoms with Crippen molar-refractivity contribution >= 4 is 48.1 Å². The highest BCUT2D eigenvalue weighted by Crippen LogP contribution is 2.65. The molecule has 0 aromatic carbocycles. The van der Waals surface area contributed by atoms with Gasteiger partial charge in [-0.15, -0.1) is 0 Å². The number of ether oxygens (including phenoxy) is 1. The van der Waals surface area contributed by atoms with Gasteiger partial charge in [-0.2, -0.15) is 0 Å². The summed E-state index contributed by atoms with van der Waals surface area (Å²) >= 11 is 2.44. The average Bonchev–Trinajstić information content (AvgIpc) is 3.15. The Bertz CT molecular complexity index is 969. The third-order valence-electron chi connectivity index (χ3n) is 3.97. The molecule has 0 amide bonds. The molecule has 6 atom stereocenters. The van der Waals surface area contributed by atoms with Crippen LogP contribution in [0.3, 0.4) is 0 Å². The molecule has 1 fully saturated rings. The quantitative estimate of drug-likeness (QED) is 0.207. The van der Waals surface area contributed by atoms with Gasteiger partial charge in [0.05, 0.1) is 12.9 Å². The van der Waals surface area contributed by atoms with Crippen molar-refractivity contribution in [2.75, 3.05) is 12.3 Å². The summed E-state index contributed by atoms with van der Waals surface area (Å²) in [7, 11) is -9.77. The second-order valence-corrected chi connectivity index (χ2v) is 12.2. The van der Waals surface area contributed by atoms with E-state index in [0.29, 0.717) is 0 Å². The van der Waals surface area contributed by atoms with Crippen LogP contribution < -0.4 is 5.73 Å². The van der Waals surface area contributed by atoms with E-state index in [1.807, 2.05) is 0 Å². The Morgan fingerprint density at radius 2 is 1.93 bits per heavy atom. The number of nitrogen functional groups attached to an aromatic ring is 1. The Balaban J connectivity index is 1.76. The first-order chi connectivity index (χ1) is 12.9. The highest BCUT2D eigenvalue weighted by atomic mass is 79.9. The Labute approximate surface area is 165 Å². The van der Waals surface area contributed by atoms with Crippen LogP contribution in [0.2, 0.25) is 0 Å². The van der Waals surface area contributed by atoms with Crippen LogP contribution >= 0.6 is 31.1 Å². The number of fused-ring (bicyclic) bond motifs is 1. The van der Waals surface area contributed by atoms with Gasteiger partial charge >= 0.3 is 15.2 Å². The Hall–Kier alpha value is -0.990. The minimum Gasteiger partial charge on any atom is -0.387 e. The van der Waals surface area contributed by atoms with Gasteiger partial charge in [-0.3, -0.25) is 13.7 Å². The number of hydrogen-bond acceptors (Lipinski definition) is 10. The van der Waals surface area contributed by atoms with Crippen molar-refractivity contribution in [3.63, 3.8) is 0 Å². The van der Waals surface area contributed by atoms with Crippen LogP contribution in [0.15, 0.2) is 12.7 Å². The zero-order chi connectivity index (χ0) is 20.9. The molecule has 28 heavy (non-hydrogen) atoms. The maximum absolute atomic E-state index is 12.0. The van der Waals surface area contributed by atoms with E-state index in [1.54, 1.807) is 0 Å². The summed E-state index contributed by atoms with van der Waals surface area (Å²) in [5.74, 6) is 0.0960. The summed E-state index contributed by atoms with van der Waals surface area (Å²) < 4.78 is 32.4. The Morgan fingerprint density at radius 1 is 1.25 bits per heavy atom. The molecule has 1 saturated heterocycles. The van der Waals surface area contributed by atoms with Crippen molar-refractivity contribution in [1.82, 2.24) is 19.5 Å². The fraction of sp³-hybridized carbons (Fsp3) is 0.545. The van der Waals surface area contributed by atoms with Gasteiger partial charge in [0.2, 0.25) is 4.31 Å². The number of aliphatic hydroxyl groups excluding tert-OH is 2. The molecule has 0 radical (unpaired) electrons. The zero-order valence-corrected chi connectivity index (χ0v) is 17.1. The molecule has 1 aliphatic rings. The SMILES string of the molecule is Nc1ncnc2c1ncn2[C@@H]1O[C@H](COP(=O)(O)C(Br)P(=O)(O)O)[C@@H](O)[C@H]1O. The van der Waals surface area contributed by atoms with E-state index in [0.717, 1.165) is 0 Å². The average molecular weight is 504 g/mol. The number of aromatic nitrogens is 4. The first-order valence-corrected chi connectivity index (χ1v) is 11.8. The highest BCUT2D eigenvalue weighted by Gasteiger charge is 2.48. The largest absolute Gasteiger partial charge is 0.387 e. The zero-order valence-electron chi connectivity index (χ0n) is 13.8. The van der Waals surface area contributed by atoms with E-state index >= 15 is 0 Å². The van der Waals surface area contributed by atoms with Crippen LogP contribution in [0.25, 0.3) is 11.2 Å². The molecule has 1 aliphatic heterocycles. The fourth-order valence-electron chi connectivity index (χ4n) is 2.58. The van der Waals surface area contributed by atoms with Crippen LogP contribution in [0, 0.1) is 0 Å². The molecule has 3 rings (SSSR count). The summed E-state index contributed by atoms with van der Waals surface area (Å²) in [5, 5.41) is 20.4. The van der Waals surface area contributed by atoms with Gasteiger partial charge in [-0.25, -0.2) is 15.0 Å². The first kappa shape index (κ1) is 21.7. The number of anilines is 1. The van der Waals surface area contributed by atoms with E-state index in [9.17, 15) is 24.2 Å². The first-order valence-electron chi connectivity index (χ1n) is 7.54. The van der Waals surface area contributed by atoms with Gasteiger partial charge in [-0.1, -0.05) is 15.9 Å². The van der Waals surface area contributed by atoms with Crippen molar-refractivity contribution in [3.8, 4) is 0 Å². The van der Waals surface area contributed by atoms with E-state index in [4.69, 9.17) is 24.8 Å². The third-order valence-corrected chi connectivity index (χ3v) is 10.5. The van der Waals surface area contributed by atoms with E-state index in [2.05, 4.69) is 30.9 Å². The summed E-state index contributed by atoms with van der Waals surface area (Å²) in [6.45, 7) is -0.728. The van der Waals surface area contributed by atoms with Gasteiger partial charge in [0.25, 0.3) is 0 Å². The second kappa shape index (κ2) is 7.69. The van der Waals surface area contributed by atoms with Gasteiger partial charge in [0, 0.05) is 0 Å². The molecule has 2 aromatic rings. The van der Waals surface area contributed by atoms with Gasteiger partial charge in [0.1, 0.15) is 30.2 Å². The molecule has 0 aliphatic carbocycles. The van der Waals surface area contributed by atoms with E-state index in [1.165, 1.54) is 17.2 Å². The summed E-state index contributed by atoms with van der Waals surface area (Å²) in [6.07, 6.45) is -3.05. The fourth-order valence-corrected chi connectivity index (χ4v) is 5.14. The number of aliphatic hydroxyl groups is 2. The predicted molar refractivity (Wildman–Crippen MR) is 96.2 cm³/mol. The number of halogens is 1. The van der Waals surface area contributed by atoms with Crippen molar-refractivity contribution in [1.29, 1.82) is 0 Å². The van der Waals surface area contributed by atoms with Gasteiger partial charge < -0.3 is 39.9 Å². The molecular weight excluding hydrogens is 488 g/mol. The smallest absolute Gasteiger partial charge is 0.354 e. The summed E-state index contributed by atoms with van der Waals surface area (Å²) in [4.78, 5) is 39.5. The molecule has 0 spiro atoms. The topological polar surface area (TPSA) is 223 Å². The van der Waals surface area contributed by atoms with Crippen molar-refractivity contribution in [2.24, 2.45) is 0 Å². The van der Waals surface area contributed by atoms with Crippen molar-refractivity contribution in [2.45, 2.75) is 28.8 Å². The lowest BCUT2D eigenvalue weighted by Crippen LogP contribution is -2.33. The van der Waals surface area contributed by atoms with Crippen LogP contribution in [0.4, 0.5) is 5.82 Å². The molecule has 2 unspecified atom stereocenters. The molecule has 14 nitrogen and oxygen atoms in total. The normalized spacial score (nSPS) is 29.1. The van der Waals surface area contributed by atoms with E-state index in [-0.39, 0.29) is 17.0 Å². The lowest BCUT2D eigenvalue weighted by molar-refractivity contribution is -0.0484. The lowest BCUT2D eigenvalue weighted by atomic mass is 10.1. The van der Waals surface area contributed by atoms with Gasteiger partial charge in [-0.05, 0) is 0 Å². The minimum atomic E-state index is -4.96. The predicted octanol–water partition coefficient (Wildman–Crippen LogP) is -0.914. The van der Waals surface area contributed by atoms with Crippen molar-refractivity contribution in [3.05, 3.63) is 12.7 Å². The van der Waals surface area contributed by atoms with Gasteiger partial charge in [0.15, 0.2) is 17.7 Å². The molecule has 0 bridgehead atoms. The number of nitrogens with two attached hydrogens (primary N) is 1. The highest BCUT2D eigenvalue weighted by molar-refractivity contribution is 9.12. The molecule has 17 heteroatoms. The molecule has 156 valence electrons. The van der Waals surface area contributed by atoms with Crippen LogP contribution in [-0.4, -0.2) is 73.6 Å². The maximum atomic E-state index is 12.0. The monoisotopic (exact) mass is 503 g/mol. The number of nitrogens with zero attached hydrogens (tertiary/aromatic N) is 4. The van der Waals surface area contributed by atoms with Crippen LogP contribution in [-0.2, 0) is 18.4 Å². The Morgan fingerprint density at radius 3 is 2.57 bits per heavy atom. The molecule has 3 heterocycles. The van der Waals surface area contributed by atoms with Crippen LogP contribution in [0.1, 0.15) is 6.23 Å². The van der Waals surface area contributed by atoms with Crippen LogP contribution in [0.5, 0.6) is 0 Å². The van der Waals surface area contributed by atoms with E-state index < -0.39 is 50.6 Å². The molecule has 0 saturated carbocycles. The maximum Gasteiger partial charge on any atom is 0.354 e. The lowest BCUT2D eigenvalue weighted by Gasteiger charge is -2.21. The summed E-state index contributed by atoms with van der Waals surface area (Å²) in [5.41, 5.74) is 6.16. The second-order valence-electron chi connectivity index (χ2n) is 5.89. The molecule has 7 N–H and O–H groups in total. The third kappa shape index (κ3) is 4.00. The summed E-state index contributed by atoms with van der Waals surface area (Å²) in [6, 6.07) is 0. The standard InChI is InChI=1S/C11H16BrN5O9P2/c12-11(27(20,21)22)28(23,24)25-1-4-6(18)7(19)10(26-4)17-3-16-5-8(13)14-2-15-9(5)17/h2-4,6-7,10-11,18-19H,1H2,(H,23,24)(H2,13,14,15)(H2,20,21,22)/t4-,6-,7-,10-,11?/m1/s1. The van der Waals surface area contributed by atoms with Crippen molar-refractivity contribution < 1.29 is 43.3 Å². The number of rotatable bonds is 6. The minimum absolute atomic E-state index is 0.0960. The molecular formula is C11H16BrN5O9P2. The molecule has 2 aromatic heterocycles. The Kier molecular flexibility index (Phi) is 5.96. The number of imidazole rings is 1. The number of hydrogen-bond donors (Lipinski definition) is 6.